The highest BCUT2D eigenvalue weighted by Gasteiger charge is 2.10. The van der Waals surface area contributed by atoms with Gasteiger partial charge in [-0.1, -0.05) is 23.7 Å². The topological polar surface area (TPSA) is 37.8 Å². The second-order valence-electron chi connectivity index (χ2n) is 3.84. The Hall–Kier alpha value is -1.61. The second kappa shape index (κ2) is 4.72. The molecule has 0 aliphatic rings. The number of nitrogens with one attached hydrogen (secondary N) is 1. The minimum atomic E-state index is 0.656. The molecule has 0 radical (unpaired) electrons. The number of hydrogen-bond acceptors (Lipinski definition) is 3. The van der Waals surface area contributed by atoms with Gasteiger partial charge in [-0.05, 0) is 26.0 Å². The monoisotopic (exact) mass is 247 g/mol. The van der Waals surface area contributed by atoms with Gasteiger partial charge in [-0.3, -0.25) is 0 Å². The van der Waals surface area contributed by atoms with Gasteiger partial charge in [-0.25, -0.2) is 9.97 Å². The smallest absolute Gasteiger partial charge is 0.163 e. The van der Waals surface area contributed by atoms with Crippen LogP contribution in [0.5, 0.6) is 0 Å². The van der Waals surface area contributed by atoms with E-state index in [4.69, 9.17) is 11.6 Å². The van der Waals surface area contributed by atoms with Crippen molar-refractivity contribution in [2.45, 2.75) is 13.8 Å². The van der Waals surface area contributed by atoms with Crippen molar-refractivity contribution < 1.29 is 0 Å². The third-order valence-electron chi connectivity index (χ3n) is 2.74. The number of rotatable bonds is 2. The van der Waals surface area contributed by atoms with Gasteiger partial charge in [0, 0.05) is 23.9 Å². The van der Waals surface area contributed by atoms with Crippen molar-refractivity contribution in [1.29, 1.82) is 0 Å². The van der Waals surface area contributed by atoms with Crippen LogP contribution in [0.3, 0.4) is 0 Å². The molecule has 0 amide bonds. The van der Waals surface area contributed by atoms with Crippen LogP contribution in [-0.4, -0.2) is 17.0 Å². The molecule has 2 aromatic rings. The molecular weight excluding hydrogens is 234 g/mol. The summed E-state index contributed by atoms with van der Waals surface area (Å²) < 4.78 is 0. The molecule has 88 valence electrons. The van der Waals surface area contributed by atoms with Crippen LogP contribution >= 0.6 is 11.6 Å². The van der Waals surface area contributed by atoms with E-state index in [9.17, 15) is 0 Å². The molecule has 0 unspecified atom stereocenters. The standard InChI is InChI=1S/C13H14ClN3/c1-8-9(2)16-13(17-12(8)15-3)10-6-4-5-7-11(10)14/h4-7H,1-3H3,(H,15,16,17). The summed E-state index contributed by atoms with van der Waals surface area (Å²) in [6.07, 6.45) is 0. The van der Waals surface area contributed by atoms with Gasteiger partial charge in [0.2, 0.25) is 0 Å². The van der Waals surface area contributed by atoms with E-state index in [0.29, 0.717) is 10.8 Å². The van der Waals surface area contributed by atoms with Crippen LogP contribution in [0.15, 0.2) is 24.3 Å². The fraction of sp³-hybridized carbons (Fsp3) is 0.231. The number of hydrogen-bond donors (Lipinski definition) is 1. The summed E-state index contributed by atoms with van der Waals surface area (Å²) in [6, 6.07) is 7.59. The number of anilines is 1. The summed E-state index contributed by atoms with van der Waals surface area (Å²) in [5, 5.41) is 3.74. The lowest BCUT2D eigenvalue weighted by Crippen LogP contribution is -2.02. The molecule has 1 aromatic heterocycles. The first-order valence-electron chi connectivity index (χ1n) is 5.41. The van der Waals surface area contributed by atoms with Gasteiger partial charge in [0.05, 0.1) is 5.02 Å². The maximum atomic E-state index is 6.15. The molecule has 0 aliphatic heterocycles. The van der Waals surface area contributed by atoms with Crippen LogP contribution < -0.4 is 5.32 Å². The van der Waals surface area contributed by atoms with Gasteiger partial charge >= 0.3 is 0 Å². The molecule has 3 nitrogen and oxygen atoms in total. The fourth-order valence-corrected chi connectivity index (χ4v) is 1.86. The molecule has 17 heavy (non-hydrogen) atoms. The Balaban J connectivity index is 2.61. The van der Waals surface area contributed by atoms with E-state index < -0.39 is 0 Å². The molecule has 0 bridgehead atoms. The molecule has 0 saturated heterocycles. The van der Waals surface area contributed by atoms with Crippen LogP contribution in [-0.2, 0) is 0 Å². The number of halogens is 1. The Kier molecular flexibility index (Phi) is 3.29. The Morgan fingerprint density at radius 2 is 1.82 bits per heavy atom. The van der Waals surface area contributed by atoms with E-state index in [1.165, 1.54) is 0 Å². The molecule has 0 saturated carbocycles. The van der Waals surface area contributed by atoms with Crippen molar-refractivity contribution in [3.8, 4) is 11.4 Å². The van der Waals surface area contributed by atoms with Crippen molar-refractivity contribution in [2.24, 2.45) is 0 Å². The zero-order valence-electron chi connectivity index (χ0n) is 10.1. The van der Waals surface area contributed by atoms with E-state index in [2.05, 4.69) is 15.3 Å². The van der Waals surface area contributed by atoms with Crippen molar-refractivity contribution in [2.75, 3.05) is 12.4 Å². The largest absolute Gasteiger partial charge is 0.373 e. The van der Waals surface area contributed by atoms with Gasteiger partial charge in [-0.15, -0.1) is 0 Å². The first kappa shape index (κ1) is 11.9. The maximum Gasteiger partial charge on any atom is 0.163 e. The molecule has 0 atom stereocenters. The van der Waals surface area contributed by atoms with E-state index in [1.807, 2.05) is 45.2 Å². The van der Waals surface area contributed by atoms with E-state index in [1.54, 1.807) is 0 Å². The van der Waals surface area contributed by atoms with Crippen LogP contribution in [0, 0.1) is 13.8 Å². The summed E-state index contributed by atoms with van der Waals surface area (Å²) in [4.78, 5) is 8.95. The number of benzene rings is 1. The average Bonchev–Trinajstić information content (AvgIpc) is 2.33. The van der Waals surface area contributed by atoms with Crippen LogP contribution in [0.4, 0.5) is 5.82 Å². The minimum absolute atomic E-state index is 0.656. The Morgan fingerprint density at radius 1 is 1.12 bits per heavy atom. The predicted molar refractivity (Wildman–Crippen MR) is 71.5 cm³/mol. The van der Waals surface area contributed by atoms with E-state index >= 15 is 0 Å². The van der Waals surface area contributed by atoms with Crippen LogP contribution in [0.1, 0.15) is 11.3 Å². The highest BCUT2D eigenvalue weighted by Crippen LogP contribution is 2.27. The van der Waals surface area contributed by atoms with Crippen molar-refractivity contribution >= 4 is 17.4 Å². The third-order valence-corrected chi connectivity index (χ3v) is 3.07. The molecule has 2 rings (SSSR count). The van der Waals surface area contributed by atoms with E-state index in [-0.39, 0.29) is 0 Å². The van der Waals surface area contributed by atoms with Crippen molar-refractivity contribution in [3.05, 3.63) is 40.5 Å². The molecule has 1 aromatic carbocycles. The lowest BCUT2D eigenvalue weighted by molar-refractivity contribution is 1.07. The minimum Gasteiger partial charge on any atom is -0.373 e. The van der Waals surface area contributed by atoms with Gasteiger partial charge < -0.3 is 5.32 Å². The fourth-order valence-electron chi connectivity index (χ4n) is 1.64. The summed E-state index contributed by atoms with van der Waals surface area (Å²) >= 11 is 6.15. The Bertz CT molecular complexity index is 552. The normalized spacial score (nSPS) is 10.4. The molecule has 0 aliphatic carbocycles. The van der Waals surface area contributed by atoms with Crippen LogP contribution in [0.2, 0.25) is 5.02 Å². The van der Waals surface area contributed by atoms with Crippen LogP contribution in [0.25, 0.3) is 11.4 Å². The lowest BCUT2D eigenvalue weighted by atomic mass is 10.2. The number of nitrogens with zero attached hydrogens (tertiary/aromatic N) is 2. The van der Waals surface area contributed by atoms with Gasteiger partial charge in [0.25, 0.3) is 0 Å². The number of aryl methyl sites for hydroxylation is 1. The van der Waals surface area contributed by atoms with Gasteiger partial charge in [0.15, 0.2) is 5.82 Å². The average molecular weight is 248 g/mol. The van der Waals surface area contributed by atoms with Gasteiger partial charge in [0.1, 0.15) is 5.82 Å². The SMILES string of the molecule is CNc1nc(-c2ccccc2Cl)nc(C)c1C. The molecule has 1 heterocycles. The van der Waals surface area contributed by atoms with Gasteiger partial charge in [-0.2, -0.15) is 0 Å². The summed E-state index contributed by atoms with van der Waals surface area (Å²) in [5.74, 6) is 1.50. The Morgan fingerprint density at radius 3 is 2.47 bits per heavy atom. The highest BCUT2D eigenvalue weighted by molar-refractivity contribution is 6.33. The summed E-state index contributed by atoms with van der Waals surface area (Å²) in [7, 11) is 1.85. The summed E-state index contributed by atoms with van der Waals surface area (Å²) in [5.41, 5.74) is 2.87. The summed E-state index contributed by atoms with van der Waals surface area (Å²) in [6.45, 7) is 3.97. The van der Waals surface area contributed by atoms with E-state index in [0.717, 1.165) is 22.6 Å². The van der Waals surface area contributed by atoms with Crippen molar-refractivity contribution in [3.63, 3.8) is 0 Å². The first-order valence-corrected chi connectivity index (χ1v) is 5.79. The highest BCUT2D eigenvalue weighted by atomic mass is 35.5. The molecular formula is C13H14ClN3. The third kappa shape index (κ3) is 2.24. The number of aromatic nitrogens is 2. The molecule has 4 heteroatoms. The zero-order valence-corrected chi connectivity index (χ0v) is 10.8. The molecule has 0 spiro atoms. The predicted octanol–water partition coefficient (Wildman–Crippen LogP) is 3.46. The maximum absolute atomic E-state index is 6.15. The van der Waals surface area contributed by atoms with Crippen molar-refractivity contribution in [1.82, 2.24) is 9.97 Å². The lowest BCUT2D eigenvalue weighted by Gasteiger charge is -2.10. The quantitative estimate of drug-likeness (QED) is 0.883. The first-order chi connectivity index (χ1) is 8.13. The zero-order chi connectivity index (χ0) is 12.4. The second-order valence-corrected chi connectivity index (χ2v) is 4.24. The molecule has 0 fully saturated rings. The Labute approximate surface area is 106 Å². The molecule has 1 N–H and O–H groups in total.